The Morgan fingerprint density at radius 3 is 1.52 bits per heavy atom. The molecule has 2 atom stereocenters. The molecule has 0 radical (unpaired) electrons. The number of rotatable bonds is 16. The number of carbonyl (C=O) groups excluding carboxylic acids is 8. The Morgan fingerprint density at radius 2 is 1.11 bits per heavy atom. The zero-order valence-electron chi connectivity index (χ0n) is 28.9. The van der Waals surface area contributed by atoms with Crippen molar-refractivity contribution in [3.63, 3.8) is 0 Å². The zero-order chi connectivity index (χ0) is 35.2. The molecule has 2 fully saturated rings. The number of nitrogens with one attached hydrogen (secondary N) is 2. The van der Waals surface area contributed by atoms with Gasteiger partial charge in [0.1, 0.15) is 5.78 Å². The minimum atomic E-state index is -0.322. The van der Waals surface area contributed by atoms with Crippen molar-refractivity contribution in [3.8, 4) is 0 Å². The molecular weight excluding hydrogens is 596 g/mol. The molecule has 0 aromatic heterocycles. The Balaban J connectivity index is 0.000000467. The van der Waals surface area contributed by atoms with Crippen molar-refractivity contribution in [1.29, 1.82) is 0 Å². The molecule has 46 heavy (non-hydrogen) atoms. The van der Waals surface area contributed by atoms with Crippen LogP contribution >= 0.6 is 0 Å². The van der Waals surface area contributed by atoms with E-state index in [1.807, 2.05) is 41.5 Å². The van der Waals surface area contributed by atoms with E-state index in [1.54, 1.807) is 13.8 Å². The number of nitrogens with zero attached hydrogens (tertiary/aromatic N) is 2. The molecule has 6 amide bonds. The van der Waals surface area contributed by atoms with Gasteiger partial charge >= 0.3 is 0 Å². The minimum Gasteiger partial charge on any atom is -0.379 e. The fraction of sp³-hybridized carbons (Fsp3) is 0.758. The molecule has 2 aliphatic heterocycles. The highest BCUT2D eigenvalue weighted by Gasteiger charge is 2.36. The van der Waals surface area contributed by atoms with Crippen LogP contribution in [-0.4, -0.2) is 96.2 Å². The van der Waals surface area contributed by atoms with E-state index in [2.05, 4.69) is 10.6 Å². The largest absolute Gasteiger partial charge is 0.379 e. The molecule has 0 bridgehead atoms. The summed E-state index contributed by atoms with van der Waals surface area (Å²) in [6.45, 7) is 16.6. The normalized spacial score (nSPS) is 18.4. The number of imide groups is 2. The van der Waals surface area contributed by atoms with Crippen molar-refractivity contribution in [2.45, 2.75) is 100 Å². The quantitative estimate of drug-likeness (QED) is 0.187. The van der Waals surface area contributed by atoms with Crippen molar-refractivity contribution in [2.24, 2.45) is 22.7 Å². The third-order valence-corrected chi connectivity index (χ3v) is 7.10. The lowest BCUT2D eigenvalue weighted by molar-refractivity contribution is -0.141. The third-order valence-electron chi connectivity index (χ3n) is 7.10. The molecule has 2 saturated heterocycles. The minimum absolute atomic E-state index is 0.00556. The van der Waals surface area contributed by atoms with E-state index in [1.165, 1.54) is 0 Å². The van der Waals surface area contributed by atoms with Gasteiger partial charge in [-0.2, -0.15) is 0 Å². The number of Topliss-reactive ketones (excluding diaryl/α,β-unsaturated/α-hetero) is 2. The summed E-state index contributed by atoms with van der Waals surface area (Å²) in [6.07, 6.45) is 1.87. The van der Waals surface area contributed by atoms with Crippen molar-refractivity contribution in [3.05, 3.63) is 0 Å². The first-order chi connectivity index (χ1) is 21.2. The summed E-state index contributed by atoms with van der Waals surface area (Å²) >= 11 is 0. The summed E-state index contributed by atoms with van der Waals surface area (Å²) in [5.41, 5.74) is -0.118. The summed E-state index contributed by atoms with van der Waals surface area (Å²) < 4.78 is 5.34. The molecule has 0 spiro atoms. The lowest BCUT2D eigenvalue weighted by Gasteiger charge is -2.17. The predicted molar refractivity (Wildman–Crippen MR) is 170 cm³/mol. The van der Waals surface area contributed by atoms with Crippen LogP contribution in [-0.2, 0) is 43.1 Å². The Hall–Kier alpha value is -3.48. The van der Waals surface area contributed by atoms with Gasteiger partial charge in [0.05, 0.1) is 19.8 Å². The summed E-state index contributed by atoms with van der Waals surface area (Å²) in [4.78, 5) is 95.5. The van der Waals surface area contributed by atoms with Crippen molar-refractivity contribution in [2.75, 3.05) is 39.4 Å². The molecule has 2 rings (SSSR count). The second-order valence-corrected chi connectivity index (χ2v) is 14.5. The smallest absolute Gasteiger partial charge is 0.232 e. The van der Waals surface area contributed by atoms with Crippen LogP contribution in [0.3, 0.4) is 0 Å². The van der Waals surface area contributed by atoms with Gasteiger partial charge in [-0.25, -0.2) is 0 Å². The molecule has 0 aliphatic carbocycles. The van der Waals surface area contributed by atoms with E-state index < -0.39 is 0 Å². The van der Waals surface area contributed by atoms with Gasteiger partial charge in [-0.05, 0) is 10.8 Å². The summed E-state index contributed by atoms with van der Waals surface area (Å²) in [5.74, 6) is -1.87. The maximum absolute atomic E-state index is 11.7. The topological polar surface area (TPSA) is 176 Å². The fourth-order valence-electron chi connectivity index (χ4n) is 4.85. The van der Waals surface area contributed by atoms with E-state index in [0.29, 0.717) is 39.0 Å². The van der Waals surface area contributed by atoms with Crippen LogP contribution in [0.5, 0.6) is 0 Å². The van der Waals surface area contributed by atoms with Gasteiger partial charge in [0, 0.05) is 76.4 Å². The van der Waals surface area contributed by atoms with Crippen LogP contribution in [0, 0.1) is 22.7 Å². The molecule has 260 valence electrons. The van der Waals surface area contributed by atoms with Gasteiger partial charge in [0.15, 0.2) is 5.78 Å². The fourth-order valence-corrected chi connectivity index (χ4v) is 4.85. The average Bonchev–Trinajstić information content (AvgIpc) is 3.30. The number of ketones is 2. The molecule has 0 saturated carbocycles. The number of likely N-dealkylation sites (tertiary alicyclic amines) is 2. The second kappa shape index (κ2) is 18.6. The van der Waals surface area contributed by atoms with E-state index in [-0.39, 0.29) is 115 Å². The average molecular weight is 651 g/mol. The van der Waals surface area contributed by atoms with E-state index in [4.69, 9.17) is 4.74 Å². The first-order valence-corrected chi connectivity index (χ1v) is 16.0. The second-order valence-electron chi connectivity index (χ2n) is 14.5. The highest BCUT2D eigenvalue weighted by molar-refractivity contribution is 6.04. The van der Waals surface area contributed by atoms with Crippen LogP contribution in [0.1, 0.15) is 100 Å². The lowest BCUT2D eigenvalue weighted by Crippen LogP contribution is -2.36. The monoisotopic (exact) mass is 650 g/mol. The van der Waals surface area contributed by atoms with E-state index in [0.717, 1.165) is 9.80 Å². The number of amides is 6. The Kier molecular flexibility index (Phi) is 16.4. The standard InChI is InChI=1S/C18H30N2O5.C15H24N2O4/c1-13-11-16(23)20(17(13)24)8-5-15(22)19-7-10-25-9-6-14(21)12-18(2,3)4;1-10-7-13(20)17(14(10)21)6-5-12(19)16-9-11(18)8-15(2,3)4/h13H,5-12H2,1-4H3,(H,19,22);10H,5-9H2,1-4H3,(H,16,19). The van der Waals surface area contributed by atoms with Gasteiger partial charge in [-0.1, -0.05) is 55.4 Å². The van der Waals surface area contributed by atoms with Crippen LogP contribution in [0.2, 0.25) is 0 Å². The highest BCUT2D eigenvalue weighted by atomic mass is 16.5. The van der Waals surface area contributed by atoms with Crippen LogP contribution in [0.15, 0.2) is 0 Å². The van der Waals surface area contributed by atoms with Crippen LogP contribution in [0.4, 0.5) is 0 Å². The lowest BCUT2D eigenvalue weighted by atomic mass is 9.89. The van der Waals surface area contributed by atoms with Gasteiger partial charge in [-0.15, -0.1) is 0 Å². The molecule has 2 unspecified atom stereocenters. The first-order valence-electron chi connectivity index (χ1n) is 16.0. The molecule has 13 nitrogen and oxygen atoms in total. The van der Waals surface area contributed by atoms with Crippen LogP contribution < -0.4 is 10.6 Å². The molecule has 13 heteroatoms. The van der Waals surface area contributed by atoms with Crippen LogP contribution in [0.25, 0.3) is 0 Å². The van der Waals surface area contributed by atoms with E-state index in [9.17, 15) is 38.4 Å². The molecule has 2 N–H and O–H groups in total. The van der Waals surface area contributed by atoms with Crippen molar-refractivity contribution in [1.82, 2.24) is 20.4 Å². The van der Waals surface area contributed by atoms with Gasteiger partial charge in [0.2, 0.25) is 35.4 Å². The third kappa shape index (κ3) is 16.2. The van der Waals surface area contributed by atoms with Crippen molar-refractivity contribution >= 4 is 47.0 Å². The zero-order valence-corrected chi connectivity index (χ0v) is 28.9. The van der Waals surface area contributed by atoms with E-state index >= 15 is 0 Å². The summed E-state index contributed by atoms with van der Waals surface area (Å²) in [5, 5.41) is 5.21. The number of ether oxygens (including phenoxy) is 1. The maximum atomic E-state index is 11.7. The Labute approximate surface area is 272 Å². The Morgan fingerprint density at radius 1 is 0.674 bits per heavy atom. The number of hydrogen-bond donors (Lipinski definition) is 2. The molecule has 2 aliphatic rings. The molecule has 2 heterocycles. The van der Waals surface area contributed by atoms with Crippen molar-refractivity contribution < 1.29 is 43.1 Å². The summed E-state index contributed by atoms with van der Waals surface area (Å²) in [7, 11) is 0. The SMILES string of the molecule is CC1CC(=O)N(CCC(=O)NCC(=O)CC(C)(C)C)C1=O.CC1CC(=O)N(CCC(=O)NCCOCCC(=O)CC(C)(C)C)C1=O. The van der Waals surface area contributed by atoms with Gasteiger partial charge in [0.25, 0.3) is 0 Å². The molecular formula is C33H54N4O9. The van der Waals surface area contributed by atoms with Gasteiger partial charge in [-0.3, -0.25) is 48.2 Å². The summed E-state index contributed by atoms with van der Waals surface area (Å²) in [6, 6.07) is 0. The number of hydrogen-bond acceptors (Lipinski definition) is 9. The van der Waals surface area contributed by atoms with Gasteiger partial charge < -0.3 is 15.4 Å². The highest BCUT2D eigenvalue weighted by Crippen LogP contribution is 2.21. The number of carbonyl (C=O) groups is 8. The molecule has 0 aromatic rings. The predicted octanol–water partition coefficient (Wildman–Crippen LogP) is 2.19. The molecule has 0 aromatic carbocycles. The maximum Gasteiger partial charge on any atom is 0.232 e. The first kappa shape index (κ1) is 40.5. The Bertz CT molecular complexity index is 1140.